The van der Waals surface area contributed by atoms with Crippen LogP contribution in [-0.4, -0.2) is 42.1 Å². The van der Waals surface area contributed by atoms with Gasteiger partial charge in [-0.15, -0.1) is 35.9 Å². The van der Waals surface area contributed by atoms with E-state index in [1.54, 1.807) is 12.1 Å². The maximum absolute atomic E-state index is 10.1. The Labute approximate surface area is 273 Å². The number of rotatable bonds is 4. The van der Waals surface area contributed by atoms with Crippen LogP contribution in [0.15, 0.2) is 90.1 Å². The molecule has 0 saturated carbocycles. The summed E-state index contributed by atoms with van der Waals surface area (Å²) < 4.78 is 4.23. The van der Waals surface area contributed by atoms with Gasteiger partial charge in [-0.25, -0.2) is 4.98 Å². The van der Waals surface area contributed by atoms with Crippen molar-refractivity contribution < 1.29 is 34.9 Å². The number of hydrogen-bond donors (Lipinski definition) is 1. The first kappa shape index (κ1) is 37.6. The second-order valence-corrected chi connectivity index (χ2v) is 9.74. The number of ketones is 1. The van der Waals surface area contributed by atoms with E-state index in [-0.39, 0.29) is 31.6 Å². The van der Waals surface area contributed by atoms with Gasteiger partial charge in [0.05, 0.1) is 11.5 Å². The molecule has 233 valence electrons. The number of aromatic nitrogens is 4. The fourth-order valence-corrected chi connectivity index (χ4v) is 3.65. The van der Waals surface area contributed by atoms with E-state index in [9.17, 15) is 9.59 Å². The van der Waals surface area contributed by atoms with Crippen molar-refractivity contribution in [3.8, 4) is 22.8 Å². The molecule has 9 heteroatoms. The zero-order valence-corrected chi connectivity index (χ0v) is 28.9. The Morgan fingerprint density at radius 3 is 1.59 bits per heavy atom. The molecule has 1 radical (unpaired) electrons. The molecule has 1 N–H and O–H groups in total. The average Bonchev–Trinajstić information content (AvgIpc) is 3.46. The summed E-state index contributed by atoms with van der Waals surface area (Å²) in [5.74, 6) is 1.82. The average molecular weight is 771 g/mol. The largest absolute Gasteiger partial charge is 0.411 e. The molecule has 0 aliphatic heterocycles. The summed E-state index contributed by atoms with van der Waals surface area (Å²) in [6.07, 6.45) is 0.833. The predicted octanol–water partition coefficient (Wildman–Crippen LogP) is 7.13. The summed E-state index contributed by atoms with van der Waals surface area (Å²) in [5, 5.41) is 10.5. The van der Waals surface area contributed by atoms with Gasteiger partial charge in [-0.3, -0.25) is 14.6 Å². The third-order valence-corrected chi connectivity index (χ3v) is 6.81. The van der Waals surface area contributed by atoms with Crippen LogP contribution in [0, 0.1) is 33.8 Å². The quantitative estimate of drug-likeness (QED) is 0.0690. The monoisotopic (exact) mass is 771 g/mol. The summed E-state index contributed by atoms with van der Waals surface area (Å²) in [6.45, 7) is 11.0. The number of hydrogen-bond acceptors (Lipinski definition) is 6. The number of nitrogens with zero attached hydrogens (tertiary/aromatic N) is 5. The Hall–Kier alpha value is -4.46. The SMILES string of the molecule is CC(=O)/C(C)=N/O.Cc1nc(-c2[c-]cccc2)n(C)c1C.Cc1nc(-c2ccccc2)n(C)c1C.O=Cc1ccccc1.[Ir]. The van der Waals surface area contributed by atoms with Gasteiger partial charge < -0.3 is 14.3 Å². The standard InChI is InChI=1S/C12H14N2.C12H13N2.C7H6O.C4H7NO2.Ir/c2*1-9-10(2)14(3)12(13-9)11-7-5-4-6-8-11;8-6-7-4-2-1-3-5-7;1-3(5-7)4(2)6;/h4-8H,1-3H3;4-7H,1-3H3;1-6H;7H,1-2H3;/q;-1;;;/b;;;5-3+;. The summed E-state index contributed by atoms with van der Waals surface area (Å²) >= 11 is 0. The Morgan fingerprint density at radius 1 is 0.773 bits per heavy atom. The molecule has 0 amide bonds. The third kappa shape index (κ3) is 11.0. The number of aldehydes is 1. The van der Waals surface area contributed by atoms with E-state index in [1.807, 2.05) is 81.6 Å². The Morgan fingerprint density at radius 2 is 1.25 bits per heavy atom. The van der Waals surface area contributed by atoms with Gasteiger partial charge in [0.15, 0.2) is 5.78 Å². The summed E-state index contributed by atoms with van der Waals surface area (Å²) in [6, 6.07) is 30.5. The number of carbonyl (C=O) groups excluding carboxylic acids is 2. The van der Waals surface area contributed by atoms with Gasteiger partial charge in [0.2, 0.25) is 0 Å². The molecular formula is C35H40IrN5O3-. The first-order valence-electron chi connectivity index (χ1n) is 13.7. The van der Waals surface area contributed by atoms with Crippen molar-refractivity contribution in [3.63, 3.8) is 0 Å². The normalized spacial score (nSPS) is 10.0. The van der Waals surface area contributed by atoms with Crippen LogP contribution < -0.4 is 0 Å². The molecule has 0 unspecified atom stereocenters. The van der Waals surface area contributed by atoms with Crippen LogP contribution in [0.2, 0.25) is 0 Å². The molecule has 3 aromatic carbocycles. The van der Waals surface area contributed by atoms with Crippen molar-refractivity contribution in [2.24, 2.45) is 19.3 Å². The van der Waals surface area contributed by atoms with Crippen LogP contribution in [0.1, 0.15) is 47.0 Å². The molecule has 0 bridgehead atoms. The minimum atomic E-state index is -0.206. The minimum absolute atomic E-state index is 0. The van der Waals surface area contributed by atoms with E-state index in [0.29, 0.717) is 0 Å². The van der Waals surface area contributed by atoms with E-state index in [1.165, 1.54) is 30.8 Å². The maximum atomic E-state index is 10.1. The van der Waals surface area contributed by atoms with Crippen LogP contribution in [-0.2, 0) is 39.0 Å². The topological polar surface area (TPSA) is 102 Å². The van der Waals surface area contributed by atoms with E-state index in [2.05, 4.69) is 63.4 Å². The third-order valence-electron chi connectivity index (χ3n) is 6.81. The van der Waals surface area contributed by atoms with Crippen LogP contribution in [0.25, 0.3) is 22.8 Å². The molecule has 2 aromatic heterocycles. The number of carbonyl (C=O) groups is 2. The molecule has 5 rings (SSSR count). The van der Waals surface area contributed by atoms with Crippen LogP contribution in [0.3, 0.4) is 0 Å². The molecular weight excluding hydrogens is 731 g/mol. The molecule has 0 aliphatic rings. The fraction of sp³-hybridized carbons (Fsp3) is 0.229. The number of benzene rings is 3. The van der Waals surface area contributed by atoms with Gasteiger partial charge in [0.1, 0.15) is 17.8 Å². The summed E-state index contributed by atoms with van der Waals surface area (Å²) in [5.41, 5.74) is 7.71. The second kappa shape index (κ2) is 18.9. The number of Topliss-reactive ketones (excluding diaryl/α,β-unsaturated/α-hetero) is 1. The van der Waals surface area contributed by atoms with Crippen molar-refractivity contribution in [2.75, 3.05) is 0 Å². The Kier molecular flexibility index (Phi) is 16.2. The van der Waals surface area contributed by atoms with Crippen molar-refractivity contribution in [2.45, 2.75) is 41.5 Å². The molecule has 0 atom stereocenters. The first-order chi connectivity index (χ1) is 20.5. The van der Waals surface area contributed by atoms with Gasteiger partial charge in [-0.2, -0.15) is 0 Å². The van der Waals surface area contributed by atoms with Crippen molar-refractivity contribution in [3.05, 3.63) is 119 Å². The summed E-state index contributed by atoms with van der Waals surface area (Å²) in [7, 11) is 4.09. The van der Waals surface area contributed by atoms with Crippen molar-refractivity contribution in [1.29, 1.82) is 0 Å². The van der Waals surface area contributed by atoms with E-state index < -0.39 is 0 Å². The maximum Gasteiger partial charge on any atom is 0.177 e. The predicted molar refractivity (Wildman–Crippen MR) is 172 cm³/mol. The van der Waals surface area contributed by atoms with E-state index in [0.717, 1.165) is 40.4 Å². The fourth-order valence-electron chi connectivity index (χ4n) is 3.65. The van der Waals surface area contributed by atoms with Gasteiger partial charge in [-0.1, -0.05) is 65.8 Å². The molecule has 44 heavy (non-hydrogen) atoms. The van der Waals surface area contributed by atoms with Gasteiger partial charge in [0.25, 0.3) is 0 Å². The molecule has 8 nitrogen and oxygen atoms in total. The zero-order chi connectivity index (χ0) is 31.9. The number of oxime groups is 1. The van der Waals surface area contributed by atoms with E-state index >= 15 is 0 Å². The number of aryl methyl sites for hydroxylation is 2. The van der Waals surface area contributed by atoms with Gasteiger partial charge in [0, 0.05) is 69.3 Å². The molecule has 0 saturated heterocycles. The van der Waals surface area contributed by atoms with Gasteiger partial charge >= 0.3 is 0 Å². The Bertz CT molecular complexity index is 1540. The number of imidazole rings is 2. The molecule has 5 aromatic rings. The van der Waals surface area contributed by atoms with Crippen LogP contribution in [0.5, 0.6) is 0 Å². The van der Waals surface area contributed by atoms with E-state index in [4.69, 9.17) is 5.21 Å². The van der Waals surface area contributed by atoms with Crippen molar-refractivity contribution >= 4 is 17.8 Å². The first-order valence-corrected chi connectivity index (χ1v) is 13.7. The molecule has 0 spiro atoms. The van der Waals surface area contributed by atoms with Crippen molar-refractivity contribution in [1.82, 2.24) is 19.1 Å². The smallest absolute Gasteiger partial charge is 0.177 e. The second-order valence-electron chi connectivity index (χ2n) is 9.74. The zero-order valence-electron chi connectivity index (χ0n) is 26.5. The van der Waals surface area contributed by atoms with Gasteiger partial charge in [-0.05, 0) is 34.6 Å². The van der Waals surface area contributed by atoms with Crippen LogP contribution >= 0.6 is 0 Å². The van der Waals surface area contributed by atoms with Crippen LogP contribution in [0.4, 0.5) is 0 Å². The summed E-state index contributed by atoms with van der Waals surface area (Å²) in [4.78, 5) is 29.1. The molecule has 2 heterocycles. The Balaban J connectivity index is 0.000000305. The molecule has 0 aliphatic carbocycles. The minimum Gasteiger partial charge on any atom is -0.411 e. The molecule has 0 fully saturated rings.